The highest BCUT2D eigenvalue weighted by atomic mass is 32.1. The van der Waals surface area contributed by atoms with Crippen molar-refractivity contribution >= 4 is 12.9 Å². The summed E-state index contributed by atoms with van der Waals surface area (Å²) in [6.45, 7) is -0.0926. The summed E-state index contributed by atoms with van der Waals surface area (Å²) in [5.41, 5.74) is 0. The van der Waals surface area contributed by atoms with Gasteiger partial charge in [0, 0.05) is 12.8 Å². The summed E-state index contributed by atoms with van der Waals surface area (Å²) in [4.78, 5) is 0. The fraction of sp³-hybridized carbons (Fsp3) is 1.00. The molecule has 0 aromatic carbocycles. The molecule has 0 bridgehead atoms. The first-order chi connectivity index (χ1) is 5.26. The fourth-order valence-electron chi connectivity index (χ4n) is 1.13. The van der Waals surface area contributed by atoms with Gasteiger partial charge in [-0.25, -0.2) is 0 Å². The molecule has 2 N–H and O–H groups in total. The molecule has 1 rings (SSSR count). The second-order valence-corrected chi connectivity index (χ2v) is 2.81. The fourth-order valence-corrected chi connectivity index (χ4v) is 1.27. The third-order valence-corrected chi connectivity index (χ3v) is 1.90. The summed E-state index contributed by atoms with van der Waals surface area (Å²) < 4.78 is 9.74. The molecule has 1 aliphatic rings. The van der Waals surface area contributed by atoms with Crippen LogP contribution in [-0.4, -0.2) is 35.3 Å². The van der Waals surface area contributed by atoms with Crippen LogP contribution in [0.15, 0.2) is 0 Å². The minimum Gasteiger partial charge on any atom is -0.394 e. The lowest BCUT2D eigenvalue weighted by molar-refractivity contribution is -0.178. The molecule has 0 amide bonds. The number of hydrogen-bond donors (Lipinski definition) is 3. The van der Waals surface area contributed by atoms with E-state index in [0.29, 0.717) is 12.8 Å². The van der Waals surface area contributed by atoms with E-state index in [2.05, 4.69) is 17.1 Å². The van der Waals surface area contributed by atoms with E-state index in [4.69, 9.17) is 9.84 Å². The lowest BCUT2D eigenvalue weighted by Gasteiger charge is -2.30. The van der Waals surface area contributed by atoms with Crippen LogP contribution in [-0.2, 0) is 8.92 Å². The summed E-state index contributed by atoms with van der Waals surface area (Å²) in [5, 5.41) is 17.9. The van der Waals surface area contributed by atoms with Crippen molar-refractivity contribution in [2.24, 2.45) is 0 Å². The molecule has 4 nitrogen and oxygen atoms in total. The Bertz CT molecular complexity index is 109. The number of aliphatic hydroxyl groups excluding tert-OH is 2. The van der Waals surface area contributed by atoms with Gasteiger partial charge in [0.15, 0.2) is 6.29 Å². The number of aliphatic hydroxyl groups is 2. The second kappa shape index (κ2) is 4.27. The number of hydrogen-bond acceptors (Lipinski definition) is 5. The Balaban J connectivity index is 2.37. The van der Waals surface area contributed by atoms with Gasteiger partial charge in [0.1, 0.15) is 0 Å². The zero-order valence-corrected chi connectivity index (χ0v) is 6.91. The first-order valence-electron chi connectivity index (χ1n) is 3.51. The van der Waals surface area contributed by atoms with Crippen molar-refractivity contribution in [1.29, 1.82) is 0 Å². The van der Waals surface area contributed by atoms with E-state index < -0.39 is 12.4 Å². The van der Waals surface area contributed by atoms with E-state index in [1.54, 1.807) is 0 Å². The molecule has 1 heterocycles. The number of ether oxygens (including phenoxy) is 1. The highest BCUT2D eigenvalue weighted by Gasteiger charge is 2.27. The Kier molecular flexibility index (Phi) is 3.61. The van der Waals surface area contributed by atoms with Crippen LogP contribution in [0.2, 0.25) is 0 Å². The van der Waals surface area contributed by atoms with Gasteiger partial charge in [-0.2, -0.15) is 0 Å². The number of rotatable bonds is 2. The van der Waals surface area contributed by atoms with Crippen molar-refractivity contribution in [2.75, 3.05) is 6.61 Å². The monoisotopic (exact) mass is 180 g/mol. The molecule has 3 atom stereocenters. The van der Waals surface area contributed by atoms with Gasteiger partial charge < -0.3 is 14.9 Å². The van der Waals surface area contributed by atoms with Gasteiger partial charge in [-0.3, -0.25) is 4.18 Å². The molecule has 66 valence electrons. The van der Waals surface area contributed by atoms with Crippen molar-refractivity contribution in [2.45, 2.75) is 31.3 Å². The molecule has 5 heteroatoms. The predicted molar refractivity (Wildman–Crippen MR) is 41.1 cm³/mol. The van der Waals surface area contributed by atoms with Gasteiger partial charge in [-0.1, -0.05) is 0 Å². The molecule has 1 saturated heterocycles. The summed E-state index contributed by atoms with van der Waals surface area (Å²) in [6, 6.07) is 0. The minimum atomic E-state index is -0.501. The smallest absolute Gasteiger partial charge is 0.173 e. The molecule has 0 aromatic rings. The third kappa shape index (κ3) is 2.61. The molecule has 0 radical (unpaired) electrons. The van der Waals surface area contributed by atoms with E-state index in [0.717, 1.165) is 0 Å². The van der Waals surface area contributed by atoms with Gasteiger partial charge in [0.2, 0.25) is 0 Å². The average molecular weight is 180 g/mol. The Morgan fingerprint density at radius 3 is 2.82 bits per heavy atom. The molecule has 11 heavy (non-hydrogen) atoms. The molecular weight excluding hydrogens is 168 g/mol. The second-order valence-electron chi connectivity index (χ2n) is 2.60. The van der Waals surface area contributed by atoms with Crippen LogP contribution in [0.5, 0.6) is 0 Å². The van der Waals surface area contributed by atoms with Crippen molar-refractivity contribution in [3.63, 3.8) is 0 Å². The van der Waals surface area contributed by atoms with Crippen LogP contribution in [0.25, 0.3) is 0 Å². The minimum absolute atomic E-state index is 0.0926. The first-order valence-corrected chi connectivity index (χ1v) is 3.87. The summed E-state index contributed by atoms with van der Waals surface area (Å²) in [5.74, 6) is 0. The maximum atomic E-state index is 9.21. The third-order valence-electron chi connectivity index (χ3n) is 1.66. The van der Waals surface area contributed by atoms with E-state index >= 15 is 0 Å². The SMILES string of the molecule is OCC1CC(O)CC(OS)O1. The molecular formula is C6H12O4S. The van der Waals surface area contributed by atoms with Gasteiger partial charge in [0.25, 0.3) is 0 Å². The lowest BCUT2D eigenvalue weighted by atomic mass is 10.1. The highest BCUT2D eigenvalue weighted by molar-refractivity contribution is 7.75. The van der Waals surface area contributed by atoms with Gasteiger partial charge in [0.05, 0.1) is 18.8 Å². The van der Waals surface area contributed by atoms with E-state index in [1.807, 2.05) is 0 Å². The van der Waals surface area contributed by atoms with Crippen LogP contribution in [0.4, 0.5) is 0 Å². The quantitative estimate of drug-likeness (QED) is 0.403. The van der Waals surface area contributed by atoms with Crippen LogP contribution < -0.4 is 0 Å². The summed E-state index contributed by atoms with van der Waals surface area (Å²) in [6.07, 6.45) is -0.405. The zero-order valence-electron chi connectivity index (χ0n) is 6.01. The number of thiol groups is 1. The molecule has 0 saturated carbocycles. The van der Waals surface area contributed by atoms with Crippen molar-refractivity contribution in [3.8, 4) is 0 Å². The van der Waals surface area contributed by atoms with Crippen LogP contribution in [0, 0.1) is 0 Å². The van der Waals surface area contributed by atoms with Crippen molar-refractivity contribution in [3.05, 3.63) is 0 Å². The normalized spacial score (nSPS) is 39.0. The Morgan fingerprint density at radius 2 is 2.27 bits per heavy atom. The Morgan fingerprint density at radius 1 is 1.55 bits per heavy atom. The standard InChI is InChI=1S/C6H12O4S/c7-3-5-1-4(8)2-6(9-5)10-11/h4-8,11H,1-3H2. The van der Waals surface area contributed by atoms with Gasteiger partial charge >= 0.3 is 0 Å². The topological polar surface area (TPSA) is 58.9 Å². The summed E-state index contributed by atoms with van der Waals surface area (Å²) >= 11 is 3.57. The first kappa shape index (κ1) is 9.28. The average Bonchev–Trinajstić information content (AvgIpc) is 2.03. The lowest BCUT2D eigenvalue weighted by Crippen LogP contribution is -2.37. The largest absolute Gasteiger partial charge is 0.394 e. The van der Waals surface area contributed by atoms with Crippen molar-refractivity contribution < 1.29 is 19.1 Å². The molecule has 0 spiro atoms. The van der Waals surface area contributed by atoms with E-state index in [9.17, 15) is 5.11 Å². The summed E-state index contributed by atoms with van der Waals surface area (Å²) in [7, 11) is 0. The van der Waals surface area contributed by atoms with Crippen molar-refractivity contribution in [1.82, 2.24) is 0 Å². The zero-order chi connectivity index (χ0) is 8.27. The Hall–Kier alpha value is 0.190. The van der Waals surface area contributed by atoms with Gasteiger partial charge in [-0.05, 0) is 12.9 Å². The molecule has 1 fully saturated rings. The molecule has 3 unspecified atom stereocenters. The van der Waals surface area contributed by atoms with Gasteiger partial charge in [-0.15, -0.1) is 0 Å². The molecule has 1 aliphatic heterocycles. The van der Waals surface area contributed by atoms with Crippen LogP contribution in [0.3, 0.4) is 0 Å². The Labute approximate surface area is 70.7 Å². The maximum absolute atomic E-state index is 9.21. The molecule has 0 aromatic heterocycles. The van der Waals surface area contributed by atoms with Crippen LogP contribution in [0.1, 0.15) is 12.8 Å². The van der Waals surface area contributed by atoms with E-state index in [1.165, 1.54) is 0 Å². The maximum Gasteiger partial charge on any atom is 0.173 e. The highest BCUT2D eigenvalue weighted by Crippen LogP contribution is 2.20. The molecule has 0 aliphatic carbocycles. The predicted octanol–water partition coefficient (Wildman–Crippen LogP) is -0.294. The van der Waals surface area contributed by atoms with Crippen LogP contribution >= 0.6 is 12.9 Å². The van der Waals surface area contributed by atoms with E-state index in [-0.39, 0.29) is 12.7 Å².